The largest absolute Gasteiger partial charge is 0.511 e. The van der Waals surface area contributed by atoms with E-state index in [9.17, 15) is 14.7 Å². The maximum atomic E-state index is 12.9. The molecule has 0 atom stereocenters. The Bertz CT molecular complexity index is 1020. The minimum atomic E-state index is -0.565. The van der Waals surface area contributed by atoms with Gasteiger partial charge in [0.15, 0.2) is 0 Å². The summed E-state index contributed by atoms with van der Waals surface area (Å²) in [6.45, 7) is 6.61. The van der Waals surface area contributed by atoms with Crippen molar-refractivity contribution in [1.82, 2.24) is 10.2 Å². The molecule has 2 heterocycles. The van der Waals surface area contributed by atoms with Gasteiger partial charge in [-0.2, -0.15) is 0 Å². The van der Waals surface area contributed by atoms with E-state index in [0.717, 1.165) is 38.0 Å². The smallest absolute Gasteiger partial charge is 0.264 e. The van der Waals surface area contributed by atoms with Crippen LogP contribution in [0.5, 0.6) is 0 Å². The quantitative estimate of drug-likeness (QED) is 0.620. The molecule has 0 radical (unpaired) electrons. The summed E-state index contributed by atoms with van der Waals surface area (Å²) in [5.74, 6) is -0.961. The normalized spacial score (nSPS) is 18.7. The van der Waals surface area contributed by atoms with Gasteiger partial charge in [-0.1, -0.05) is 62.4 Å². The van der Waals surface area contributed by atoms with Crippen LogP contribution in [0.4, 0.5) is 5.69 Å². The average molecular weight is 434 g/mol. The molecule has 2 amide bonds. The highest BCUT2D eigenvalue weighted by Crippen LogP contribution is 2.34. The lowest BCUT2D eigenvalue weighted by molar-refractivity contribution is -0.124. The second kappa shape index (κ2) is 9.17. The lowest BCUT2D eigenvalue weighted by Crippen LogP contribution is -2.58. The molecule has 2 aromatic carbocycles. The summed E-state index contributed by atoms with van der Waals surface area (Å²) in [7, 11) is 0. The highest BCUT2D eigenvalue weighted by Gasteiger charge is 2.43. The van der Waals surface area contributed by atoms with Crippen LogP contribution in [0.2, 0.25) is 0 Å². The molecule has 6 nitrogen and oxygen atoms in total. The molecule has 2 aliphatic heterocycles. The van der Waals surface area contributed by atoms with Crippen molar-refractivity contribution >= 4 is 17.5 Å². The van der Waals surface area contributed by atoms with E-state index in [4.69, 9.17) is 0 Å². The van der Waals surface area contributed by atoms with Gasteiger partial charge in [0.05, 0.1) is 0 Å². The maximum absolute atomic E-state index is 12.9. The Morgan fingerprint density at radius 1 is 1.09 bits per heavy atom. The number of amides is 2. The lowest BCUT2D eigenvalue weighted by atomic mass is 9.80. The standard InChI is InChI=1S/C26H31N3O3/c1-18(2)20-10-6-7-11-21(20)27-24(31)23-22(30)16-26(28-25(23)32)12-14-29(15-13-26)17-19-8-4-3-5-9-19/h3-11,18,30H,12-17H2,1-2H3,(H,27,31)(H,28,32). The second-order valence-corrected chi connectivity index (χ2v) is 9.19. The van der Waals surface area contributed by atoms with E-state index < -0.39 is 17.4 Å². The van der Waals surface area contributed by atoms with Crippen LogP contribution in [0, 0.1) is 0 Å². The molecular weight excluding hydrogens is 402 g/mol. The van der Waals surface area contributed by atoms with Crippen LogP contribution in [-0.4, -0.2) is 40.4 Å². The zero-order chi connectivity index (χ0) is 22.7. The van der Waals surface area contributed by atoms with Crippen LogP contribution in [0.15, 0.2) is 65.9 Å². The Balaban J connectivity index is 1.43. The molecular formula is C26H31N3O3. The van der Waals surface area contributed by atoms with E-state index in [1.165, 1.54) is 5.56 Å². The molecule has 168 valence electrons. The average Bonchev–Trinajstić information content (AvgIpc) is 2.76. The number of likely N-dealkylation sites (tertiary alicyclic amines) is 1. The molecule has 0 saturated carbocycles. The van der Waals surface area contributed by atoms with Crippen LogP contribution < -0.4 is 10.6 Å². The van der Waals surface area contributed by atoms with Crippen molar-refractivity contribution in [1.29, 1.82) is 0 Å². The molecule has 3 N–H and O–H groups in total. The van der Waals surface area contributed by atoms with Crippen molar-refractivity contribution in [3.63, 3.8) is 0 Å². The first-order valence-corrected chi connectivity index (χ1v) is 11.3. The molecule has 2 aliphatic rings. The third-order valence-electron chi connectivity index (χ3n) is 6.52. The van der Waals surface area contributed by atoms with Crippen LogP contribution in [0.25, 0.3) is 0 Å². The molecule has 32 heavy (non-hydrogen) atoms. The number of benzene rings is 2. The SMILES string of the molecule is CC(C)c1ccccc1NC(=O)C1=C(O)CC2(CCN(Cc3ccccc3)CC2)NC1=O. The van der Waals surface area contributed by atoms with E-state index >= 15 is 0 Å². The van der Waals surface area contributed by atoms with Gasteiger partial charge < -0.3 is 15.7 Å². The summed E-state index contributed by atoms with van der Waals surface area (Å²) >= 11 is 0. The molecule has 2 aromatic rings. The molecule has 1 fully saturated rings. The Morgan fingerprint density at radius 3 is 2.41 bits per heavy atom. The number of carbonyl (C=O) groups is 2. The zero-order valence-corrected chi connectivity index (χ0v) is 18.7. The predicted octanol–water partition coefficient (Wildman–Crippen LogP) is 4.12. The number of hydrogen-bond donors (Lipinski definition) is 3. The molecule has 0 aliphatic carbocycles. The van der Waals surface area contributed by atoms with E-state index in [-0.39, 0.29) is 23.7 Å². The van der Waals surface area contributed by atoms with Crippen LogP contribution in [-0.2, 0) is 16.1 Å². The maximum Gasteiger partial charge on any atom is 0.264 e. The Kier molecular flexibility index (Phi) is 6.33. The van der Waals surface area contributed by atoms with Gasteiger partial charge in [-0.15, -0.1) is 0 Å². The Labute approximate surface area is 189 Å². The van der Waals surface area contributed by atoms with Gasteiger partial charge in [-0.05, 0) is 36.0 Å². The molecule has 4 rings (SSSR count). The van der Waals surface area contributed by atoms with Gasteiger partial charge in [0.2, 0.25) is 0 Å². The summed E-state index contributed by atoms with van der Waals surface area (Å²) in [6.07, 6.45) is 1.76. The van der Waals surface area contributed by atoms with Crippen LogP contribution in [0.3, 0.4) is 0 Å². The fourth-order valence-electron chi connectivity index (χ4n) is 4.70. The van der Waals surface area contributed by atoms with E-state index in [0.29, 0.717) is 5.69 Å². The van der Waals surface area contributed by atoms with Crippen molar-refractivity contribution in [2.45, 2.75) is 51.1 Å². The number of carbonyl (C=O) groups excluding carboxylic acids is 2. The molecule has 0 unspecified atom stereocenters. The number of nitrogens with one attached hydrogen (secondary N) is 2. The fraction of sp³-hybridized carbons (Fsp3) is 0.385. The zero-order valence-electron chi connectivity index (χ0n) is 18.7. The first kappa shape index (κ1) is 22.1. The molecule has 0 bridgehead atoms. The van der Waals surface area contributed by atoms with Gasteiger partial charge >= 0.3 is 0 Å². The highest BCUT2D eigenvalue weighted by atomic mass is 16.3. The number of aliphatic hydroxyl groups is 1. The number of anilines is 1. The molecule has 6 heteroatoms. The van der Waals surface area contributed by atoms with Crippen molar-refractivity contribution in [2.24, 2.45) is 0 Å². The second-order valence-electron chi connectivity index (χ2n) is 9.19. The summed E-state index contributed by atoms with van der Waals surface area (Å²) in [5.41, 5.74) is 2.24. The van der Waals surface area contributed by atoms with Crippen LogP contribution in [0.1, 0.15) is 50.2 Å². The van der Waals surface area contributed by atoms with Crippen molar-refractivity contribution < 1.29 is 14.7 Å². The topological polar surface area (TPSA) is 81.7 Å². The first-order valence-electron chi connectivity index (χ1n) is 11.3. The summed E-state index contributed by atoms with van der Waals surface area (Å²) in [6, 6.07) is 17.8. The van der Waals surface area contributed by atoms with E-state index in [2.05, 4.69) is 27.7 Å². The van der Waals surface area contributed by atoms with Gasteiger partial charge in [0.25, 0.3) is 11.8 Å². The van der Waals surface area contributed by atoms with Gasteiger partial charge in [-0.3, -0.25) is 14.5 Å². The minimum absolute atomic E-state index is 0.121. The van der Waals surface area contributed by atoms with E-state index in [1.807, 2.05) is 56.3 Å². The van der Waals surface area contributed by atoms with Crippen molar-refractivity contribution in [3.8, 4) is 0 Å². The fourth-order valence-corrected chi connectivity index (χ4v) is 4.70. The minimum Gasteiger partial charge on any atom is -0.511 e. The van der Waals surface area contributed by atoms with Gasteiger partial charge in [-0.25, -0.2) is 0 Å². The number of hydrogen-bond acceptors (Lipinski definition) is 4. The lowest BCUT2D eigenvalue weighted by Gasteiger charge is -2.44. The third-order valence-corrected chi connectivity index (χ3v) is 6.52. The number of aliphatic hydroxyl groups excluding tert-OH is 1. The van der Waals surface area contributed by atoms with Crippen molar-refractivity contribution in [2.75, 3.05) is 18.4 Å². The Morgan fingerprint density at radius 2 is 1.75 bits per heavy atom. The van der Waals surface area contributed by atoms with Crippen LogP contribution >= 0.6 is 0 Å². The Hall–Kier alpha value is -3.12. The number of para-hydroxylation sites is 1. The van der Waals surface area contributed by atoms with E-state index in [1.54, 1.807) is 0 Å². The number of piperidine rings is 1. The summed E-state index contributed by atoms with van der Waals surface area (Å²) in [5, 5.41) is 16.6. The highest BCUT2D eigenvalue weighted by molar-refractivity contribution is 6.23. The van der Waals surface area contributed by atoms with Crippen molar-refractivity contribution in [3.05, 3.63) is 77.1 Å². The number of rotatable bonds is 5. The van der Waals surface area contributed by atoms with Gasteiger partial charge in [0, 0.05) is 37.3 Å². The molecule has 1 spiro atoms. The monoisotopic (exact) mass is 433 g/mol. The predicted molar refractivity (Wildman–Crippen MR) is 125 cm³/mol. The van der Waals surface area contributed by atoms with Gasteiger partial charge in [0.1, 0.15) is 11.3 Å². The number of nitrogens with zero attached hydrogens (tertiary/aromatic N) is 1. The summed E-state index contributed by atoms with van der Waals surface area (Å²) < 4.78 is 0. The summed E-state index contributed by atoms with van der Waals surface area (Å²) in [4.78, 5) is 28.1. The molecule has 0 aromatic heterocycles. The third kappa shape index (κ3) is 4.70. The molecule has 1 saturated heterocycles. The first-order chi connectivity index (χ1) is 15.4.